The summed E-state index contributed by atoms with van der Waals surface area (Å²) < 4.78 is 1.68. The lowest BCUT2D eigenvalue weighted by Crippen LogP contribution is -2.09. The van der Waals surface area contributed by atoms with E-state index in [1.807, 2.05) is 43.5 Å². The van der Waals surface area contributed by atoms with Crippen LogP contribution in [0.15, 0.2) is 61.1 Å². The molecule has 0 aliphatic carbocycles. The van der Waals surface area contributed by atoms with Crippen LogP contribution in [0.1, 0.15) is 17.3 Å². The zero-order valence-corrected chi connectivity index (χ0v) is 18.8. The van der Waals surface area contributed by atoms with Crippen molar-refractivity contribution in [3.8, 4) is 28.7 Å². The Hall–Kier alpha value is -3.93. The van der Waals surface area contributed by atoms with E-state index in [1.54, 1.807) is 22.7 Å². The monoisotopic (exact) mass is 474 g/mol. The van der Waals surface area contributed by atoms with Gasteiger partial charge < -0.3 is 10.3 Å². The lowest BCUT2D eigenvalue weighted by Gasteiger charge is -2.11. The number of halogens is 2. The van der Waals surface area contributed by atoms with Gasteiger partial charge in [0.05, 0.1) is 27.5 Å². The number of nitriles is 1. The number of aromatic amines is 1. The Labute approximate surface area is 198 Å². The van der Waals surface area contributed by atoms with Gasteiger partial charge in [-0.15, -0.1) is 0 Å². The first-order valence-electron chi connectivity index (χ1n) is 9.97. The highest BCUT2D eigenvalue weighted by Gasteiger charge is 2.19. The number of H-pyrrole nitrogens is 1. The molecule has 0 radical (unpaired) electrons. The van der Waals surface area contributed by atoms with Gasteiger partial charge in [0, 0.05) is 17.5 Å². The van der Waals surface area contributed by atoms with Gasteiger partial charge in [0.2, 0.25) is 5.95 Å². The molecule has 5 aromatic rings. The molecule has 0 amide bonds. The highest BCUT2D eigenvalue weighted by Crippen LogP contribution is 2.33. The molecule has 33 heavy (non-hydrogen) atoms. The molecule has 4 heterocycles. The Balaban J connectivity index is 1.59. The number of aromatic nitrogens is 6. The van der Waals surface area contributed by atoms with Crippen molar-refractivity contribution in [2.75, 3.05) is 5.32 Å². The smallest absolute Gasteiger partial charge is 0.202 e. The maximum absolute atomic E-state index is 9.78. The third kappa shape index (κ3) is 4.12. The fourth-order valence-corrected chi connectivity index (χ4v) is 3.81. The minimum atomic E-state index is -0.698. The summed E-state index contributed by atoms with van der Waals surface area (Å²) in [5.41, 5.74) is 5.20. The molecule has 0 saturated heterocycles. The number of pyridine rings is 2. The SMILES string of the molecule is Cc1cccc(-c2[nH]c(NC(C#N)c3ccc(Cl)c(Cl)c3)nc2-c2ccn3ncnc3c2)n1. The van der Waals surface area contributed by atoms with Crippen LogP contribution < -0.4 is 5.32 Å². The molecule has 1 unspecified atom stereocenters. The van der Waals surface area contributed by atoms with Crippen molar-refractivity contribution in [1.82, 2.24) is 29.5 Å². The fraction of sp³-hybridized carbons (Fsp3) is 0.0870. The van der Waals surface area contributed by atoms with Gasteiger partial charge in [0.15, 0.2) is 5.65 Å². The van der Waals surface area contributed by atoms with E-state index in [0.717, 1.165) is 22.6 Å². The molecular weight excluding hydrogens is 459 g/mol. The molecule has 0 saturated carbocycles. The second kappa shape index (κ2) is 8.54. The number of hydrogen-bond acceptors (Lipinski definition) is 6. The van der Waals surface area contributed by atoms with Crippen LogP contribution in [0.3, 0.4) is 0 Å². The zero-order valence-electron chi connectivity index (χ0n) is 17.3. The number of rotatable bonds is 5. The summed E-state index contributed by atoms with van der Waals surface area (Å²) in [4.78, 5) is 17.0. The molecule has 5 rings (SSSR count). The lowest BCUT2D eigenvalue weighted by atomic mass is 10.1. The van der Waals surface area contributed by atoms with Crippen LogP contribution in [-0.4, -0.2) is 29.5 Å². The number of aryl methyl sites for hydroxylation is 1. The zero-order chi connectivity index (χ0) is 22.9. The third-order valence-electron chi connectivity index (χ3n) is 5.09. The molecular formula is C23H16Cl2N8. The normalized spacial score (nSPS) is 11.9. The Kier molecular flexibility index (Phi) is 5.42. The number of anilines is 1. The summed E-state index contributed by atoms with van der Waals surface area (Å²) >= 11 is 12.2. The summed E-state index contributed by atoms with van der Waals surface area (Å²) in [7, 11) is 0. The molecule has 8 nitrogen and oxygen atoms in total. The quantitative estimate of drug-likeness (QED) is 0.349. The van der Waals surface area contributed by atoms with Crippen LogP contribution in [0.4, 0.5) is 5.95 Å². The predicted molar refractivity (Wildman–Crippen MR) is 127 cm³/mol. The lowest BCUT2D eigenvalue weighted by molar-refractivity contribution is 0.961. The van der Waals surface area contributed by atoms with E-state index in [9.17, 15) is 5.26 Å². The largest absolute Gasteiger partial charge is 0.336 e. The molecule has 0 aliphatic heterocycles. The summed E-state index contributed by atoms with van der Waals surface area (Å²) in [6.45, 7) is 1.93. The minimum Gasteiger partial charge on any atom is -0.336 e. The fourth-order valence-electron chi connectivity index (χ4n) is 3.50. The molecule has 4 aromatic heterocycles. The molecule has 2 N–H and O–H groups in total. The van der Waals surface area contributed by atoms with E-state index in [2.05, 4.69) is 31.4 Å². The van der Waals surface area contributed by atoms with Crippen LogP contribution in [0.2, 0.25) is 10.0 Å². The van der Waals surface area contributed by atoms with Crippen molar-refractivity contribution < 1.29 is 0 Å². The standard InChI is InChI=1S/C23H16Cl2N8/c1-13-3-2-4-18(29-13)22-21(15-7-8-33-20(10-15)27-12-28-33)31-23(32-22)30-19(11-26)14-5-6-16(24)17(25)9-14/h2-10,12,19H,1H3,(H2,30,31,32). The summed E-state index contributed by atoms with van der Waals surface area (Å²) in [6.07, 6.45) is 3.31. The average Bonchev–Trinajstić information content (AvgIpc) is 3.46. The van der Waals surface area contributed by atoms with E-state index >= 15 is 0 Å². The topological polar surface area (TPSA) is 108 Å². The van der Waals surface area contributed by atoms with Gasteiger partial charge in [0.1, 0.15) is 18.1 Å². The molecule has 10 heteroatoms. The molecule has 0 spiro atoms. The number of fused-ring (bicyclic) bond motifs is 1. The maximum Gasteiger partial charge on any atom is 0.202 e. The van der Waals surface area contributed by atoms with E-state index in [1.165, 1.54) is 6.33 Å². The predicted octanol–water partition coefficient (Wildman–Crippen LogP) is 5.47. The van der Waals surface area contributed by atoms with E-state index in [-0.39, 0.29) is 0 Å². The molecule has 162 valence electrons. The van der Waals surface area contributed by atoms with Crippen LogP contribution in [0.25, 0.3) is 28.3 Å². The van der Waals surface area contributed by atoms with Gasteiger partial charge in [-0.1, -0.05) is 35.3 Å². The Morgan fingerprint density at radius 3 is 2.76 bits per heavy atom. The highest BCUT2D eigenvalue weighted by atomic mass is 35.5. The molecule has 0 aliphatic rings. The first-order valence-corrected chi connectivity index (χ1v) is 10.7. The van der Waals surface area contributed by atoms with E-state index < -0.39 is 6.04 Å². The second-order valence-corrected chi connectivity index (χ2v) is 8.15. The molecule has 1 aromatic carbocycles. The van der Waals surface area contributed by atoms with Crippen LogP contribution >= 0.6 is 23.2 Å². The Bertz CT molecular complexity index is 1510. The van der Waals surface area contributed by atoms with Gasteiger partial charge >= 0.3 is 0 Å². The number of nitrogens with zero attached hydrogens (tertiary/aromatic N) is 6. The Morgan fingerprint density at radius 1 is 1.09 bits per heavy atom. The van der Waals surface area contributed by atoms with Crippen molar-refractivity contribution >= 4 is 34.8 Å². The van der Waals surface area contributed by atoms with Crippen LogP contribution in [0, 0.1) is 18.3 Å². The number of benzene rings is 1. The van der Waals surface area contributed by atoms with Crippen molar-refractivity contribution in [3.05, 3.63) is 82.4 Å². The first kappa shape index (κ1) is 20.9. The van der Waals surface area contributed by atoms with E-state index in [4.69, 9.17) is 28.2 Å². The second-order valence-electron chi connectivity index (χ2n) is 7.33. The molecule has 0 fully saturated rings. The van der Waals surface area contributed by atoms with Gasteiger partial charge in [-0.05, 0) is 48.9 Å². The van der Waals surface area contributed by atoms with Crippen molar-refractivity contribution in [1.29, 1.82) is 5.26 Å². The number of nitrogens with one attached hydrogen (secondary N) is 2. The molecule has 1 atom stereocenters. The maximum atomic E-state index is 9.78. The van der Waals surface area contributed by atoms with Crippen LogP contribution in [0.5, 0.6) is 0 Å². The summed E-state index contributed by atoms with van der Waals surface area (Å²) in [5, 5.41) is 17.9. The van der Waals surface area contributed by atoms with Crippen molar-refractivity contribution in [2.24, 2.45) is 0 Å². The Morgan fingerprint density at radius 2 is 1.97 bits per heavy atom. The van der Waals surface area contributed by atoms with Gasteiger partial charge in [-0.25, -0.2) is 14.5 Å². The van der Waals surface area contributed by atoms with Gasteiger partial charge in [0.25, 0.3) is 0 Å². The highest BCUT2D eigenvalue weighted by molar-refractivity contribution is 6.42. The van der Waals surface area contributed by atoms with Crippen molar-refractivity contribution in [3.63, 3.8) is 0 Å². The van der Waals surface area contributed by atoms with Gasteiger partial charge in [-0.3, -0.25) is 4.98 Å². The van der Waals surface area contributed by atoms with Crippen molar-refractivity contribution in [2.45, 2.75) is 13.0 Å². The first-order chi connectivity index (χ1) is 16.0. The van der Waals surface area contributed by atoms with Crippen LogP contribution in [-0.2, 0) is 0 Å². The minimum absolute atomic E-state index is 0.377. The summed E-state index contributed by atoms with van der Waals surface area (Å²) in [6, 6.07) is 16.2. The number of imidazole rings is 1. The number of hydrogen-bond donors (Lipinski definition) is 2. The third-order valence-corrected chi connectivity index (χ3v) is 5.83. The molecule has 0 bridgehead atoms. The van der Waals surface area contributed by atoms with Gasteiger partial charge in [-0.2, -0.15) is 10.4 Å². The van der Waals surface area contributed by atoms with E-state index in [0.29, 0.717) is 32.9 Å². The summed E-state index contributed by atoms with van der Waals surface area (Å²) in [5.74, 6) is 0.419. The average molecular weight is 475 g/mol.